The third-order valence-corrected chi connectivity index (χ3v) is 9.37. The molecule has 0 radical (unpaired) electrons. The summed E-state index contributed by atoms with van der Waals surface area (Å²) in [5.41, 5.74) is 11.4. The lowest BCUT2D eigenvalue weighted by molar-refractivity contribution is 0.122. The smallest absolute Gasteiger partial charge is 0.321 e. The van der Waals surface area contributed by atoms with Crippen LogP contribution >= 0.6 is 0 Å². The maximum atomic E-state index is 5.96. The molecule has 3 aromatic heterocycles. The molecule has 2 saturated heterocycles. The van der Waals surface area contributed by atoms with Crippen LogP contribution in [0.4, 0.5) is 23.3 Å². The molecule has 314 valence electrons. The third kappa shape index (κ3) is 13.2. The monoisotopic (exact) mass is 822 g/mol. The number of hydrazone groups is 2. The van der Waals surface area contributed by atoms with E-state index in [9.17, 15) is 0 Å². The number of aromatic nitrogens is 6. The highest BCUT2D eigenvalue weighted by Gasteiger charge is 2.19. The number of anilines is 4. The highest BCUT2D eigenvalue weighted by atomic mass is 16.5. The first kappa shape index (κ1) is 42.1. The Morgan fingerprint density at radius 2 is 1.16 bits per heavy atom. The van der Waals surface area contributed by atoms with Crippen LogP contribution in [0.3, 0.4) is 0 Å². The Hall–Kier alpha value is -7.04. The van der Waals surface area contributed by atoms with Crippen LogP contribution in [0.15, 0.2) is 120 Å². The first-order chi connectivity index (χ1) is 29.9. The Kier molecular flexibility index (Phi) is 15.1. The molecule has 6 aromatic rings. The predicted molar refractivity (Wildman–Crippen MR) is 237 cm³/mol. The molecule has 0 amide bonds. The Bertz CT molecular complexity index is 2340. The van der Waals surface area contributed by atoms with Gasteiger partial charge in [-0.1, -0.05) is 90.0 Å². The summed E-state index contributed by atoms with van der Waals surface area (Å²) in [7, 11) is 0. The molecular weight excluding hydrogens is 773 g/mol. The van der Waals surface area contributed by atoms with Gasteiger partial charge in [-0.2, -0.15) is 30.1 Å². The second-order valence-electron chi connectivity index (χ2n) is 14.2. The van der Waals surface area contributed by atoms with Gasteiger partial charge in [-0.3, -0.25) is 10.9 Å². The topological polar surface area (TPSA) is 170 Å². The Balaban J connectivity index is 0.000000184. The van der Waals surface area contributed by atoms with Crippen LogP contribution in [0.1, 0.15) is 46.7 Å². The van der Waals surface area contributed by atoms with E-state index in [1.165, 1.54) is 11.1 Å². The fourth-order valence-electron chi connectivity index (χ4n) is 6.27. The Labute approximate surface area is 355 Å². The predicted octanol–water partition coefficient (Wildman–Crippen LogP) is 6.64. The van der Waals surface area contributed by atoms with E-state index in [1.54, 1.807) is 30.9 Å². The highest BCUT2D eigenvalue weighted by molar-refractivity contribution is 5.81. The van der Waals surface area contributed by atoms with Gasteiger partial charge in [0.05, 0.1) is 38.9 Å². The summed E-state index contributed by atoms with van der Waals surface area (Å²) in [6.45, 7) is 12.1. The molecule has 61 heavy (non-hydrogen) atoms. The van der Waals surface area contributed by atoms with Crippen molar-refractivity contribution in [3.63, 3.8) is 0 Å². The number of aryl methyl sites for hydroxylation is 2. The quantitative estimate of drug-likeness (QED) is 0.0885. The fourth-order valence-corrected chi connectivity index (χ4v) is 6.27. The van der Waals surface area contributed by atoms with Crippen LogP contribution in [0.25, 0.3) is 0 Å². The largest absolute Gasteiger partial charge is 0.458 e. The molecule has 1 unspecified atom stereocenters. The summed E-state index contributed by atoms with van der Waals surface area (Å²) in [4.78, 5) is 30.9. The second kappa shape index (κ2) is 21.8. The molecule has 5 heterocycles. The lowest BCUT2D eigenvalue weighted by atomic mass is 10.2. The molecular formula is C45H50N12O4. The second-order valence-corrected chi connectivity index (χ2v) is 14.2. The first-order valence-corrected chi connectivity index (χ1v) is 20.2. The number of hydrogen-bond acceptors (Lipinski definition) is 16. The lowest BCUT2D eigenvalue weighted by Crippen LogP contribution is -2.36. The number of hydrogen-bond donors (Lipinski definition) is 2. The summed E-state index contributed by atoms with van der Waals surface area (Å²) in [6, 6.07) is 32.3. The molecule has 1 atom stereocenters. The molecule has 0 aliphatic carbocycles. The van der Waals surface area contributed by atoms with Crippen molar-refractivity contribution >= 4 is 35.7 Å². The van der Waals surface area contributed by atoms with E-state index in [4.69, 9.17) is 18.9 Å². The van der Waals surface area contributed by atoms with Crippen LogP contribution in [0.2, 0.25) is 0 Å². The van der Waals surface area contributed by atoms with Crippen LogP contribution in [0, 0.1) is 13.8 Å². The van der Waals surface area contributed by atoms with Gasteiger partial charge in [0.1, 0.15) is 18.2 Å². The van der Waals surface area contributed by atoms with Crippen molar-refractivity contribution in [1.29, 1.82) is 0 Å². The maximum absolute atomic E-state index is 5.96. The van der Waals surface area contributed by atoms with Crippen LogP contribution in [0.5, 0.6) is 12.0 Å². The number of benzene rings is 3. The van der Waals surface area contributed by atoms with Crippen molar-refractivity contribution in [1.82, 2.24) is 29.9 Å². The molecule has 0 bridgehead atoms. The number of nitrogens with zero attached hydrogens (tertiary/aromatic N) is 10. The van der Waals surface area contributed by atoms with Crippen LogP contribution in [-0.4, -0.2) is 94.9 Å². The molecule has 0 spiro atoms. The van der Waals surface area contributed by atoms with Crippen LogP contribution < -0.4 is 30.1 Å². The average Bonchev–Trinajstić information content (AvgIpc) is 3.30. The average molecular weight is 823 g/mol. The van der Waals surface area contributed by atoms with Crippen molar-refractivity contribution in [3.8, 4) is 12.0 Å². The molecule has 8 rings (SSSR count). The van der Waals surface area contributed by atoms with Gasteiger partial charge in [-0.05, 0) is 43.5 Å². The zero-order valence-corrected chi connectivity index (χ0v) is 34.6. The molecule has 16 heteroatoms. The van der Waals surface area contributed by atoms with Gasteiger partial charge in [-0.25, -0.2) is 9.97 Å². The van der Waals surface area contributed by atoms with E-state index in [2.05, 4.69) is 85.9 Å². The van der Waals surface area contributed by atoms with E-state index in [0.29, 0.717) is 56.5 Å². The first-order valence-electron chi connectivity index (χ1n) is 20.2. The van der Waals surface area contributed by atoms with E-state index in [-0.39, 0.29) is 6.01 Å². The minimum absolute atomic E-state index is 0.234. The van der Waals surface area contributed by atoms with E-state index < -0.39 is 6.10 Å². The van der Waals surface area contributed by atoms with Gasteiger partial charge in [0.2, 0.25) is 0 Å². The Morgan fingerprint density at radius 3 is 1.70 bits per heavy atom. The van der Waals surface area contributed by atoms with Gasteiger partial charge in [0, 0.05) is 50.7 Å². The Morgan fingerprint density at radius 1 is 0.639 bits per heavy atom. The zero-order chi connectivity index (χ0) is 42.1. The minimum Gasteiger partial charge on any atom is -0.458 e. The molecule has 2 aliphatic heterocycles. The van der Waals surface area contributed by atoms with Gasteiger partial charge >= 0.3 is 12.0 Å². The SMILES string of the molecule is Cc1cccc(/C=N/Nc2cc(N3CCOCC3)nc(OC(C)c3ncccn3)n2)c1.Cc1cccc(/C=N/Nc2cc(N3CCOCC3)nc(OCc3ccccc3)n2)c1. The highest BCUT2D eigenvalue weighted by Crippen LogP contribution is 2.24. The van der Waals surface area contributed by atoms with Gasteiger partial charge < -0.3 is 28.7 Å². The molecule has 0 saturated carbocycles. The lowest BCUT2D eigenvalue weighted by Gasteiger charge is -2.28. The maximum Gasteiger partial charge on any atom is 0.321 e. The zero-order valence-electron chi connectivity index (χ0n) is 34.6. The van der Waals surface area contributed by atoms with E-state index in [0.717, 1.165) is 54.5 Å². The van der Waals surface area contributed by atoms with Gasteiger partial charge in [0.25, 0.3) is 0 Å². The standard InChI is InChI=1S/C23H25N5O2.C22H25N7O2/c1-18-6-5-9-20(14-18)16-24-27-21-15-22(28-10-12-29-13-11-28)26-23(25-21)30-17-19-7-3-2-4-8-19;1-16-5-3-6-18(13-16)15-25-28-19-14-20(29-9-11-30-12-10-29)27-22(26-19)31-17(2)21-23-7-4-8-24-21/h2-9,14-16H,10-13,17H2,1H3,(H,25,26,27);3-8,13-15,17H,9-12H2,1-2H3,(H,26,27,28)/b24-16+;25-15+. The summed E-state index contributed by atoms with van der Waals surface area (Å²) >= 11 is 0. The van der Waals surface area contributed by atoms with Crippen molar-refractivity contribution in [2.45, 2.75) is 33.5 Å². The van der Waals surface area contributed by atoms with Gasteiger partial charge in [0.15, 0.2) is 23.6 Å². The number of rotatable bonds is 14. The van der Waals surface area contributed by atoms with E-state index >= 15 is 0 Å². The fraction of sp³-hybridized carbons (Fsp3) is 0.289. The van der Waals surface area contributed by atoms with Crippen molar-refractivity contribution in [3.05, 3.63) is 143 Å². The molecule has 3 aromatic carbocycles. The number of ether oxygens (including phenoxy) is 4. The molecule has 2 aliphatic rings. The summed E-state index contributed by atoms with van der Waals surface area (Å²) in [5, 5.41) is 8.66. The minimum atomic E-state index is -0.398. The number of morpholine rings is 2. The molecule has 16 nitrogen and oxygen atoms in total. The van der Waals surface area contributed by atoms with Crippen molar-refractivity contribution in [2.75, 3.05) is 73.3 Å². The molecule has 2 fully saturated rings. The summed E-state index contributed by atoms with van der Waals surface area (Å²) in [6.07, 6.45) is 6.49. The van der Waals surface area contributed by atoms with Gasteiger partial charge in [-0.15, -0.1) is 0 Å². The normalized spacial score (nSPS) is 14.6. The molecule has 2 N–H and O–H groups in total. The summed E-state index contributed by atoms with van der Waals surface area (Å²) < 4.78 is 22.7. The third-order valence-electron chi connectivity index (χ3n) is 9.37. The van der Waals surface area contributed by atoms with Crippen molar-refractivity contribution in [2.24, 2.45) is 10.2 Å². The van der Waals surface area contributed by atoms with E-state index in [1.807, 2.05) is 86.6 Å². The summed E-state index contributed by atoms with van der Waals surface area (Å²) in [5.74, 6) is 3.23. The number of nitrogens with one attached hydrogen (secondary N) is 2. The van der Waals surface area contributed by atoms with Crippen LogP contribution in [-0.2, 0) is 16.1 Å². The van der Waals surface area contributed by atoms with Crippen molar-refractivity contribution < 1.29 is 18.9 Å².